The van der Waals surface area contributed by atoms with Crippen molar-refractivity contribution >= 4 is 5.82 Å². The first-order valence-corrected chi connectivity index (χ1v) is 10.4. The van der Waals surface area contributed by atoms with Crippen LogP contribution in [0.15, 0.2) is 54.7 Å². The number of hydrogen-bond donors (Lipinski definition) is 3. The normalized spacial score (nSPS) is 10.9. The summed E-state index contributed by atoms with van der Waals surface area (Å²) < 4.78 is 0. The summed E-state index contributed by atoms with van der Waals surface area (Å²) in [7, 11) is 0. The number of nitrogens with zero attached hydrogens (tertiary/aromatic N) is 5. The van der Waals surface area contributed by atoms with Crippen molar-refractivity contribution in [3.63, 3.8) is 0 Å². The van der Waals surface area contributed by atoms with Gasteiger partial charge in [0.05, 0.1) is 6.61 Å². The fraction of sp³-hybridized carbons (Fsp3) is 0.261. The molecule has 0 amide bonds. The minimum absolute atomic E-state index is 0.114. The van der Waals surface area contributed by atoms with Crippen molar-refractivity contribution in [3.8, 4) is 22.5 Å². The molecule has 4 aromatic rings. The van der Waals surface area contributed by atoms with Crippen LogP contribution in [-0.4, -0.2) is 35.7 Å². The first-order chi connectivity index (χ1) is 15.3. The summed E-state index contributed by atoms with van der Waals surface area (Å²) >= 11 is 0. The van der Waals surface area contributed by atoms with E-state index in [2.05, 4.69) is 73.2 Å². The van der Waals surface area contributed by atoms with E-state index in [1.165, 1.54) is 0 Å². The molecule has 0 fully saturated rings. The first-order valence-electron chi connectivity index (χ1n) is 10.4. The molecule has 0 bridgehead atoms. The van der Waals surface area contributed by atoms with Crippen molar-refractivity contribution in [2.24, 2.45) is 0 Å². The predicted octanol–water partition coefficient (Wildman–Crippen LogP) is 3.77. The van der Waals surface area contributed by atoms with Gasteiger partial charge in [-0.2, -0.15) is 5.21 Å². The van der Waals surface area contributed by atoms with Gasteiger partial charge in [-0.25, -0.2) is 9.97 Å². The number of tetrazole rings is 1. The Labute approximate surface area is 180 Å². The summed E-state index contributed by atoms with van der Waals surface area (Å²) in [5.41, 5.74) is 4.73. The van der Waals surface area contributed by atoms with Gasteiger partial charge >= 0.3 is 0 Å². The molecule has 0 atom stereocenters. The Morgan fingerprint density at radius 1 is 1.06 bits per heavy atom. The lowest BCUT2D eigenvalue weighted by Crippen LogP contribution is -2.08. The first kappa shape index (κ1) is 20.6. The van der Waals surface area contributed by atoms with Gasteiger partial charge in [-0.1, -0.05) is 55.8 Å². The molecule has 2 heterocycles. The highest BCUT2D eigenvalue weighted by Crippen LogP contribution is 2.31. The monoisotopic (exact) mass is 415 g/mol. The fourth-order valence-electron chi connectivity index (χ4n) is 3.38. The van der Waals surface area contributed by atoms with Crippen LogP contribution in [0.5, 0.6) is 0 Å². The lowest BCUT2D eigenvalue weighted by Gasteiger charge is -2.13. The molecule has 0 aliphatic heterocycles. The Morgan fingerprint density at radius 3 is 2.68 bits per heavy atom. The zero-order valence-electron chi connectivity index (χ0n) is 17.4. The van der Waals surface area contributed by atoms with Crippen LogP contribution < -0.4 is 5.32 Å². The summed E-state index contributed by atoms with van der Waals surface area (Å²) in [5.74, 6) is 1.99. The van der Waals surface area contributed by atoms with Gasteiger partial charge in [-0.3, -0.25) is 0 Å². The third-order valence-corrected chi connectivity index (χ3v) is 5.05. The van der Waals surface area contributed by atoms with Crippen molar-refractivity contribution < 1.29 is 5.11 Å². The maximum atomic E-state index is 9.67. The number of aromatic amines is 1. The highest BCUT2D eigenvalue weighted by Gasteiger charge is 2.13. The minimum atomic E-state index is -0.114. The Morgan fingerprint density at radius 2 is 1.94 bits per heavy atom. The second kappa shape index (κ2) is 9.90. The second-order valence-corrected chi connectivity index (χ2v) is 7.26. The standard InChI is InChI=1S/C23H25N7O/c1-2-3-9-21-24-14-18(15-31)22(26-21)25-13-16-10-11-19(17-7-5-4-6-8-17)20(12-16)23-27-29-30-28-23/h4-8,10-12,14,31H,2-3,9,13,15H2,1H3,(H,24,25,26)(H,27,28,29,30). The second-order valence-electron chi connectivity index (χ2n) is 7.26. The van der Waals surface area contributed by atoms with E-state index in [1.807, 2.05) is 18.2 Å². The molecule has 8 heteroatoms. The number of aryl methyl sites for hydroxylation is 1. The van der Waals surface area contributed by atoms with Gasteiger partial charge in [-0.15, -0.1) is 10.2 Å². The van der Waals surface area contributed by atoms with Crippen molar-refractivity contribution in [1.29, 1.82) is 0 Å². The van der Waals surface area contributed by atoms with Crippen LogP contribution in [0.2, 0.25) is 0 Å². The molecule has 3 N–H and O–H groups in total. The van der Waals surface area contributed by atoms with Crippen LogP contribution in [0, 0.1) is 0 Å². The van der Waals surface area contributed by atoms with E-state index in [0.717, 1.165) is 47.3 Å². The molecule has 0 unspecified atom stereocenters. The highest BCUT2D eigenvalue weighted by atomic mass is 16.3. The van der Waals surface area contributed by atoms with E-state index >= 15 is 0 Å². The molecule has 0 saturated heterocycles. The molecule has 31 heavy (non-hydrogen) atoms. The predicted molar refractivity (Wildman–Crippen MR) is 119 cm³/mol. The van der Waals surface area contributed by atoms with Crippen LogP contribution >= 0.6 is 0 Å². The number of H-pyrrole nitrogens is 1. The van der Waals surface area contributed by atoms with E-state index in [-0.39, 0.29) is 6.61 Å². The number of benzene rings is 2. The molecule has 0 saturated carbocycles. The zero-order chi connectivity index (χ0) is 21.5. The quantitative estimate of drug-likeness (QED) is 0.381. The van der Waals surface area contributed by atoms with Crippen molar-refractivity contribution in [2.45, 2.75) is 39.3 Å². The largest absolute Gasteiger partial charge is 0.391 e. The van der Waals surface area contributed by atoms with E-state index in [0.29, 0.717) is 23.8 Å². The van der Waals surface area contributed by atoms with Gasteiger partial charge in [0.1, 0.15) is 11.6 Å². The maximum absolute atomic E-state index is 9.67. The molecule has 0 radical (unpaired) electrons. The molecule has 0 aliphatic carbocycles. The summed E-state index contributed by atoms with van der Waals surface area (Å²) in [6, 6.07) is 16.3. The smallest absolute Gasteiger partial charge is 0.205 e. The zero-order valence-corrected chi connectivity index (χ0v) is 17.4. The van der Waals surface area contributed by atoms with Gasteiger partial charge in [-0.05, 0) is 34.4 Å². The van der Waals surface area contributed by atoms with Crippen LogP contribution in [-0.2, 0) is 19.6 Å². The summed E-state index contributed by atoms with van der Waals surface area (Å²) in [5, 5.41) is 27.6. The van der Waals surface area contributed by atoms with Gasteiger partial charge in [0.2, 0.25) is 5.82 Å². The minimum Gasteiger partial charge on any atom is -0.391 e. The molecular formula is C23H25N7O. The molecule has 0 aliphatic rings. The number of aliphatic hydroxyl groups is 1. The fourth-order valence-corrected chi connectivity index (χ4v) is 3.38. The van der Waals surface area contributed by atoms with Crippen LogP contribution in [0.25, 0.3) is 22.5 Å². The summed E-state index contributed by atoms with van der Waals surface area (Å²) in [4.78, 5) is 8.97. The molecule has 4 rings (SSSR count). The van der Waals surface area contributed by atoms with Gasteiger partial charge < -0.3 is 10.4 Å². The number of unbranched alkanes of at least 4 members (excludes halogenated alkanes) is 1. The highest BCUT2D eigenvalue weighted by molar-refractivity contribution is 5.80. The number of rotatable bonds is 9. The van der Waals surface area contributed by atoms with E-state index in [9.17, 15) is 5.11 Å². The lowest BCUT2D eigenvalue weighted by atomic mass is 9.97. The van der Waals surface area contributed by atoms with E-state index < -0.39 is 0 Å². The number of aromatic nitrogens is 6. The molecule has 0 spiro atoms. The van der Waals surface area contributed by atoms with Crippen molar-refractivity contribution in [3.05, 3.63) is 71.7 Å². The van der Waals surface area contributed by atoms with Gasteiger partial charge in [0.25, 0.3) is 0 Å². The Bertz CT molecular complexity index is 1110. The number of anilines is 1. The average molecular weight is 416 g/mol. The number of nitrogens with one attached hydrogen (secondary N) is 2. The molecule has 8 nitrogen and oxygen atoms in total. The average Bonchev–Trinajstić information content (AvgIpc) is 3.37. The molecule has 158 valence electrons. The summed E-state index contributed by atoms with van der Waals surface area (Å²) in [6.07, 6.45) is 4.64. The third-order valence-electron chi connectivity index (χ3n) is 5.05. The molecular weight excluding hydrogens is 390 g/mol. The molecule has 2 aromatic carbocycles. The van der Waals surface area contributed by atoms with Crippen LogP contribution in [0.1, 0.15) is 36.7 Å². The maximum Gasteiger partial charge on any atom is 0.205 e. The lowest BCUT2D eigenvalue weighted by molar-refractivity contribution is 0.281. The Balaban J connectivity index is 1.61. The van der Waals surface area contributed by atoms with Gasteiger partial charge in [0.15, 0.2) is 0 Å². The van der Waals surface area contributed by atoms with E-state index in [1.54, 1.807) is 6.20 Å². The van der Waals surface area contributed by atoms with Crippen LogP contribution in [0.3, 0.4) is 0 Å². The van der Waals surface area contributed by atoms with Crippen molar-refractivity contribution in [2.75, 3.05) is 5.32 Å². The number of hydrogen-bond acceptors (Lipinski definition) is 7. The number of aliphatic hydroxyl groups excluding tert-OH is 1. The molecule has 2 aromatic heterocycles. The third kappa shape index (κ3) is 4.92. The van der Waals surface area contributed by atoms with Gasteiger partial charge in [0, 0.05) is 30.3 Å². The van der Waals surface area contributed by atoms with Crippen molar-refractivity contribution in [1.82, 2.24) is 30.6 Å². The Hall–Kier alpha value is -3.65. The summed E-state index contributed by atoms with van der Waals surface area (Å²) in [6.45, 7) is 2.57. The topological polar surface area (TPSA) is 112 Å². The van der Waals surface area contributed by atoms with Crippen LogP contribution in [0.4, 0.5) is 5.82 Å². The Kier molecular flexibility index (Phi) is 6.59. The van der Waals surface area contributed by atoms with E-state index in [4.69, 9.17) is 0 Å². The SMILES string of the molecule is CCCCc1ncc(CO)c(NCc2ccc(-c3ccccc3)c(-c3nn[nH]n3)c2)n1.